The molecule has 0 aliphatic rings. The molecule has 5 heteroatoms. The summed E-state index contributed by atoms with van der Waals surface area (Å²) in [5.74, 6) is 0. The Morgan fingerprint density at radius 1 is 0.471 bits per heavy atom. The molecule has 0 fully saturated rings. The van der Waals surface area contributed by atoms with Crippen molar-refractivity contribution < 1.29 is 0 Å². The number of rotatable bonds is 9. The maximum Gasteiger partial charge on any atom is 0.0795 e. The van der Waals surface area contributed by atoms with E-state index in [-0.39, 0.29) is 0 Å². The largest absolute Gasteiger partial charge is 0.263 e. The molecule has 0 saturated carbocycles. The molecule has 7 rings (SSSR count). The Kier molecular flexibility index (Phi) is 12.2. The SMILES string of the molecule is Cc1ccc(C(c2ccc(C)cc2)(c2ccc(C)cc2)c2ccc(-c3ccccc3)c(-c3ccccc3)c2-c2ccccc2)cc1.P=NPNP. The van der Waals surface area contributed by atoms with Crippen LogP contribution in [0.15, 0.2) is 180 Å². The zero-order valence-electron chi connectivity index (χ0n) is 29.3. The van der Waals surface area contributed by atoms with E-state index >= 15 is 0 Å². The van der Waals surface area contributed by atoms with Gasteiger partial charge in [-0.05, 0) is 85.4 Å². The van der Waals surface area contributed by atoms with Crippen LogP contribution in [0.4, 0.5) is 0 Å². The van der Waals surface area contributed by atoms with Gasteiger partial charge in [-0.1, -0.05) is 202 Å². The van der Waals surface area contributed by atoms with Crippen LogP contribution in [0.3, 0.4) is 0 Å². The molecule has 0 amide bonds. The van der Waals surface area contributed by atoms with Crippen LogP contribution in [0.5, 0.6) is 0 Å². The number of aryl methyl sites for hydroxylation is 3. The van der Waals surface area contributed by atoms with Crippen LogP contribution in [0, 0.1) is 20.8 Å². The highest BCUT2D eigenvalue weighted by molar-refractivity contribution is 7.46. The van der Waals surface area contributed by atoms with E-state index in [0.717, 1.165) is 0 Å². The van der Waals surface area contributed by atoms with Crippen molar-refractivity contribution in [2.24, 2.45) is 4.52 Å². The fourth-order valence-corrected chi connectivity index (χ4v) is 7.83. The van der Waals surface area contributed by atoms with Gasteiger partial charge >= 0.3 is 0 Å². The first kappa shape index (κ1) is 36.3. The molecule has 0 aliphatic heterocycles. The number of hydrogen-bond donors (Lipinski definition) is 1. The van der Waals surface area contributed by atoms with Gasteiger partial charge in [0.15, 0.2) is 0 Å². The molecule has 2 unspecified atom stereocenters. The normalized spacial score (nSPS) is 11.2. The standard InChI is InChI=1S/C46H38.H5N2P3/c1-33-19-25-39(26-20-33)46(40-27-21-34(2)22-28-40,41-29-23-35(3)24-30-41)43-32-31-42(36-13-7-4-8-14-36)44(37-15-9-5-10-16-37)45(43)38-17-11-6-12-18-38;3-1-5-2-4/h4-32H,1-3H3;1,4-5H,3H2. The Morgan fingerprint density at radius 3 is 1.20 bits per heavy atom. The molecule has 0 bridgehead atoms. The molecule has 1 N–H and O–H groups in total. The molecule has 7 aromatic carbocycles. The second kappa shape index (κ2) is 17.1. The third-order valence-corrected chi connectivity index (χ3v) is 10.4. The van der Waals surface area contributed by atoms with Gasteiger partial charge in [-0.3, -0.25) is 4.86 Å². The van der Waals surface area contributed by atoms with Crippen molar-refractivity contribution in [1.82, 2.24) is 4.86 Å². The smallest absolute Gasteiger partial charge is 0.0795 e. The highest BCUT2D eigenvalue weighted by Crippen LogP contribution is 2.52. The first-order chi connectivity index (χ1) is 25.0. The first-order valence-corrected chi connectivity index (χ1v) is 19.1. The summed E-state index contributed by atoms with van der Waals surface area (Å²) >= 11 is 0. The van der Waals surface area contributed by atoms with E-state index in [2.05, 4.69) is 224 Å². The minimum Gasteiger partial charge on any atom is -0.263 e. The molecule has 7 aromatic rings. The topological polar surface area (TPSA) is 24.4 Å². The van der Waals surface area contributed by atoms with Gasteiger partial charge in [0.05, 0.1) is 14.3 Å². The van der Waals surface area contributed by atoms with Gasteiger partial charge in [0, 0.05) is 0 Å². The van der Waals surface area contributed by atoms with Crippen molar-refractivity contribution in [2.75, 3.05) is 0 Å². The first-order valence-electron chi connectivity index (χ1n) is 17.1. The summed E-state index contributed by atoms with van der Waals surface area (Å²) in [5.41, 5.74) is 15.5. The average molecular weight is 717 g/mol. The van der Waals surface area contributed by atoms with Crippen molar-refractivity contribution in [3.8, 4) is 33.4 Å². The number of nitrogens with zero attached hydrogens (tertiary/aromatic N) is 1. The Balaban J connectivity index is 0.000000839. The number of benzene rings is 7. The van der Waals surface area contributed by atoms with Crippen LogP contribution >= 0.6 is 27.3 Å². The fraction of sp³-hybridized carbons (Fsp3) is 0.0870. The molecular weight excluding hydrogens is 673 g/mol. The van der Waals surface area contributed by atoms with Gasteiger partial charge in [-0.25, -0.2) is 4.52 Å². The van der Waals surface area contributed by atoms with Crippen LogP contribution in [-0.2, 0) is 5.41 Å². The Bertz CT molecular complexity index is 2060. The molecule has 252 valence electrons. The minimum atomic E-state index is -0.598. The number of nitrogens with one attached hydrogen (secondary N) is 1. The van der Waals surface area contributed by atoms with E-state index in [9.17, 15) is 0 Å². The predicted octanol–water partition coefficient (Wildman–Crippen LogP) is 13.2. The van der Waals surface area contributed by atoms with E-state index < -0.39 is 5.41 Å². The van der Waals surface area contributed by atoms with Gasteiger partial charge in [-0.15, -0.1) is 0 Å². The third-order valence-electron chi connectivity index (χ3n) is 9.39. The molecule has 0 heterocycles. The second-order valence-corrected chi connectivity index (χ2v) is 15.0. The van der Waals surface area contributed by atoms with E-state index in [1.165, 1.54) is 72.3 Å². The molecule has 0 aromatic heterocycles. The summed E-state index contributed by atoms with van der Waals surface area (Å²) in [6.07, 6.45) is 0. The molecule has 0 saturated heterocycles. The third kappa shape index (κ3) is 7.87. The van der Waals surface area contributed by atoms with Gasteiger partial charge < -0.3 is 0 Å². The van der Waals surface area contributed by atoms with Gasteiger partial charge in [-0.2, -0.15) is 0 Å². The van der Waals surface area contributed by atoms with Crippen molar-refractivity contribution in [3.05, 3.63) is 215 Å². The van der Waals surface area contributed by atoms with E-state index in [1.54, 1.807) is 0 Å². The monoisotopic (exact) mass is 716 g/mol. The van der Waals surface area contributed by atoms with Crippen LogP contribution < -0.4 is 4.86 Å². The maximum absolute atomic E-state index is 3.56. The lowest BCUT2D eigenvalue weighted by molar-refractivity contribution is 0.746. The zero-order valence-corrected chi connectivity index (χ0v) is 32.4. The van der Waals surface area contributed by atoms with Crippen molar-refractivity contribution in [1.29, 1.82) is 0 Å². The molecule has 51 heavy (non-hydrogen) atoms. The molecule has 2 atom stereocenters. The van der Waals surface area contributed by atoms with Crippen LogP contribution in [0.1, 0.15) is 38.9 Å². The van der Waals surface area contributed by atoms with Gasteiger partial charge in [0.1, 0.15) is 0 Å². The quantitative estimate of drug-likeness (QED) is 0.117. The lowest BCUT2D eigenvalue weighted by atomic mass is 9.62. The number of hydrogen-bond acceptors (Lipinski definition) is 2. The maximum atomic E-state index is 3.56. The van der Waals surface area contributed by atoms with E-state index in [1.807, 2.05) is 0 Å². The van der Waals surface area contributed by atoms with E-state index in [0.29, 0.717) is 8.88 Å². The average Bonchev–Trinajstić information content (AvgIpc) is 3.18. The lowest BCUT2D eigenvalue weighted by Crippen LogP contribution is -2.32. The summed E-state index contributed by atoms with van der Waals surface area (Å²) in [6.45, 7) is 6.50. The van der Waals surface area contributed by atoms with E-state index in [4.69, 9.17) is 0 Å². The Labute approximate surface area is 309 Å². The highest BCUT2D eigenvalue weighted by atomic mass is 31.1. The molecule has 0 radical (unpaired) electrons. The second-order valence-electron chi connectivity index (χ2n) is 12.7. The summed E-state index contributed by atoms with van der Waals surface area (Å²) in [5, 5.41) is 0. The molecule has 0 aliphatic carbocycles. The van der Waals surface area contributed by atoms with Crippen molar-refractivity contribution in [2.45, 2.75) is 26.2 Å². The summed E-state index contributed by atoms with van der Waals surface area (Å²) in [4.78, 5) is 2.75. The van der Waals surface area contributed by atoms with Crippen LogP contribution in [-0.4, -0.2) is 0 Å². The Morgan fingerprint density at radius 2 is 0.843 bits per heavy atom. The highest BCUT2D eigenvalue weighted by Gasteiger charge is 2.41. The molecular formula is C46H43N2P3. The van der Waals surface area contributed by atoms with Gasteiger partial charge in [0.25, 0.3) is 0 Å². The zero-order chi connectivity index (χ0) is 35.6. The Hall–Kier alpha value is -4.54. The lowest BCUT2D eigenvalue weighted by Gasteiger charge is -2.39. The van der Waals surface area contributed by atoms with Crippen LogP contribution in [0.2, 0.25) is 0 Å². The minimum absolute atomic E-state index is 0.449. The van der Waals surface area contributed by atoms with Gasteiger partial charge in [0.2, 0.25) is 0 Å². The van der Waals surface area contributed by atoms with Crippen LogP contribution in [0.25, 0.3) is 33.4 Å². The summed E-state index contributed by atoms with van der Waals surface area (Å²) in [7, 11) is 5.70. The summed E-state index contributed by atoms with van der Waals surface area (Å²) in [6, 6.07) is 65.0. The molecule has 0 spiro atoms. The van der Waals surface area contributed by atoms with Crippen molar-refractivity contribution in [3.63, 3.8) is 0 Å². The fourth-order valence-electron chi connectivity index (χ4n) is 6.99. The molecule has 2 nitrogen and oxygen atoms in total. The predicted molar refractivity (Wildman–Crippen MR) is 227 cm³/mol. The van der Waals surface area contributed by atoms with Crippen molar-refractivity contribution >= 4 is 27.3 Å². The summed E-state index contributed by atoms with van der Waals surface area (Å²) < 4.78 is 3.56.